The van der Waals surface area contributed by atoms with E-state index in [9.17, 15) is 4.79 Å². The summed E-state index contributed by atoms with van der Waals surface area (Å²) < 4.78 is 7.26. The van der Waals surface area contributed by atoms with Crippen LogP contribution in [0, 0.1) is 0 Å². The fraction of sp³-hybridized carbons (Fsp3) is 0.308. The van der Waals surface area contributed by atoms with Gasteiger partial charge in [-0.25, -0.2) is 0 Å². The zero-order chi connectivity index (χ0) is 13.1. The third-order valence-corrected chi connectivity index (χ3v) is 3.87. The molecule has 0 saturated carbocycles. The molecule has 0 aliphatic heterocycles. The van der Waals surface area contributed by atoms with Crippen LogP contribution in [0.4, 0.5) is 0 Å². The van der Waals surface area contributed by atoms with Crippen LogP contribution in [0.15, 0.2) is 29.3 Å². The van der Waals surface area contributed by atoms with Gasteiger partial charge in [0, 0.05) is 23.7 Å². The van der Waals surface area contributed by atoms with E-state index in [0.717, 1.165) is 21.7 Å². The fourth-order valence-corrected chi connectivity index (χ4v) is 2.80. The van der Waals surface area contributed by atoms with Gasteiger partial charge in [-0.2, -0.15) is 0 Å². The number of carboxylic acids is 1. The lowest BCUT2D eigenvalue weighted by atomic mass is 10.2. The summed E-state index contributed by atoms with van der Waals surface area (Å²) in [6, 6.07) is 7.98. The average Bonchev–Trinajstić information content (AvgIpc) is 2.65. The first-order chi connectivity index (χ1) is 8.61. The summed E-state index contributed by atoms with van der Waals surface area (Å²) in [4.78, 5) is 10.5. The van der Waals surface area contributed by atoms with E-state index >= 15 is 0 Å². The molecule has 0 unspecified atom stereocenters. The number of carbonyl (C=O) groups is 1. The van der Waals surface area contributed by atoms with Crippen LogP contribution in [0.3, 0.4) is 0 Å². The van der Waals surface area contributed by atoms with Crippen LogP contribution in [-0.2, 0) is 11.8 Å². The number of aliphatic carboxylic acids is 1. The summed E-state index contributed by atoms with van der Waals surface area (Å²) in [6.07, 6.45) is 0.176. The molecule has 0 aliphatic rings. The number of nitrogens with zero attached hydrogens (tertiary/aromatic N) is 1. The van der Waals surface area contributed by atoms with Gasteiger partial charge in [0.1, 0.15) is 5.75 Å². The Morgan fingerprint density at radius 3 is 2.89 bits per heavy atom. The summed E-state index contributed by atoms with van der Waals surface area (Å²) in [5.74, 6) is 0.648. The largest absolute Gasteiger partial charge is 0.497 e. The highest BCUT2D eigenvalue weighted by Crippen LogP contribution is 2.29. The molecule has 2 rings (SSSR count). The molecule has 18 heavy (non-hydrogen) atoms. The Labute approximate surface area is 110 Å². The highest BCUT2D eigenvalue weighted by Gasteiger charge is 2.08. The predicted octanol–water partition coefficient (Wildman–Crippen LogP) is 2.75. The summed E-state index contributed by atoms with van der Waals surface area (Å²) in [7, 11) is 3.63. The zero-order valence-electron chi connectivity index (χ0n) is 10.3. The first-order valence-electron chi connectivity index (χ1n) is 5.60. The second kappa shape index (κ2) is 5.35. The molecule has 0 amide bonds. The Hall–Kier alpha value is -1.62. The van der Waals surface area contributed by atoms with Gasteiger partial charge in [-0.3, -0.25) is 4.79 Å². The van der Waals surface area contributed by atoms with E-state index in [1.54, 1.807) is 18.9 Å². The lowest BCUT2D eigenvalue weighted by molar-refractivity contribution is -0.136. The van der Waals surface area contributed by atoms with E-state index in [-0.39, 0.29) is 6.42 Å². The van der Waals surface area contributed by atoms with Crippen molar-refractivity contribution >= 4 is 28.6 Å². The molecule has 0 saturated heterocycles. The van der Waals surface area contributed by atoms with Crippen LogP contribution in [0.5, 0.6) is 5.75 Å². The molecule has 0 fully saturated rings. The Kier molecular flexibility index (Phi) is 3.81. The van der Waals surface area contributed by atoms with Gasteiger partial charge in [0.15, 0.2) is 0 Å². The van der Waals surface area contributed by atoms with Gasteiger partial charge in [0.05, 0.1) is 18.6 Å². The van der Waals surface area contributed by atoms with E-state index in [0.29, 0.717) is 5.75 Å². The summed E-state index contributed by atoms with van der Waals surface area (Å²) in [5.41, 5.74) is 1.12. The Bertz CT molecular complexity index is 577. The Morgan fingerprint density at radius 2 is 2.22 bits per heavy atom. The van der Waals surface area contributed by atoms with Crippen LogP contribution in [0.25, 0.3) is 10.9 Å². The summed E-state index contributed by atoms with van der Waals surface area (Å²) in [5, 5.41) is 10.8. The monoisotopic (exact) mass is 265 g/mol. The molecule has 2 aromatic rings. The molecule has 1 aromatic heterocycles. The normalized spacial score (nSPS) is 10.8. The molecular formula is C13H15NO3S. The minimum atomic E-state index is -0.761. The topological polar surface area (TPSA) is 51.5 Å². The maximum Gasteiger partial charge on any atom is 0.304 e. The summed E-state index contributed by atoms with van der Waals surface area (Å²) in [6.45, 7) is 0. The van der Waals surface area contributed by atoms with Crippen molar-refractivity contribution in [2.75, 3.05) is 12.9 Å². The van der Waals surface area contributed by atoms with Crippen molar-refractivity contribution in [3.8, 4) is 5.75 Å². The van der Waals surface area contributed by atoms with Gasteiger partial charge in [-0.1, -0.05) is 0 Å². The minimum Gasteiger partial charge on any atom is -0.497 e. The van der Waals surface area contributed by atoms with Gasteiger partial charge in [0.25, 0.3) is 0 Å². The third kappa shape index (κ3) is 2.61. The quantitative estimate of drug-likeness (QED) is 0.845. The number of aryl methyl sites for hydroxylation is 1. The van der Waals surface area contributed by atoms with Gasteiger partial charge < -0.3 is 14.4 Å². The molecule has 1 N–H and O–H groups in total. The molecule has 1 aromatic carbocycles. The molecule has 0 atom stereocenters. The van der Waals surface area contributed by atoms with E-state index in [1.165, 1.54) is 0 Å². The molecule has 96 valence electrons. The van der Waals surface area contributed by atoms with Crippen LogP contribution in [0.2, 0.25) is 0 Å². The molecule has 0 bridgehead atoms. The lowest BCUT2D eigenvalue weighted by Crippen LogP contribution is -1.97. The standard InChI is InChI=1S/C13H15NO3S/c1-14-11-4-3-10(17-2)7-9(11)8-12(14)18-6-5-13(15)16/h3-4,7-8H,5-6H2,1-2H3,(H,15,16). The van der Waals surface area contributed by atoms with Crippen LogP contribution < -0.4 is 4.74 Å². The van der Waals surface area contributed by atoms with Crippen molar-refractivity contribution in [3.05, 3.63) is 24.3 Å². The minimum absolute atomic E-state index is 0.176. The second-order valence-corrected chi connectivity index (χ2v) is 5.07. The number of benzene rings is 1. The molecule has 1 heterocycles. The average molecular weight is 265 g/mol. The smallest absolute Gasteiger partial charge is 0.304 e. The lowest BCUT2D eigenvalue weighted by Gasteiger charge is -2.03. The van der Waals surface area contributed by atoms with Crippen LogP contribution in [0.1, 0.15) is 6.42 Å². The Morgan fingerprint density at radius 1 is 1.44 bits per heavy atom. The molecule has 0 aliphatic carbocycles. The zero-order valence-corrected chi connectivity index (χ0v) is 11.2. The van der Waals surface area contributed by atoms with Gasteiger partial charge >= 0.3 is 5.97 Å². The van der Waals surface area contributed by atoms with Crippen molar-refractivity contribution in [3.63, 3.8) is 0 Å². The highest BCUT2D eigenvalue weighted by molar-refractivity contribution is 7.99. The predicted molar refractivity (Wildman–Crippen MR) is 72.4 cm³/mol. The molecule has 0 radical (unpaired) electrons. The third-order valence-electron chi connectivity index (χ3n) is 2.77. The number of thioether (sulfide) groups is 1. The van der Waals surface area contributed by atoms with E-state index in [1.807, 2.05) is 25.2 Å². The fourth-order valence-electron chi connectivity index (χ4n) is 1.81. The maximum absolute atomic E-state index is 10.5. The van der Waals surface area contributed by atoms with Crippen molar-refractivity contribution < 1.29 is 14.6 Å². The summed E-state index contributed by atoms with van der Waals surface area (Å²) >= 11 is 1.56. The molecule has 0 spiro atoms. The van der Waals surface area contributed by atoms with Gasteiger partial charge in [-0.05, 0) is 24.3 Å². The Balaban J connectivity index is 2.23. The number of fused-ring (bicyclic) bond motifs is 1. The number of hydrogen-bond acceptors (Lipinski definition) is 3. The maximum atomic E-state index is 10.5. The van der Waals surface area contributed by atoms with Crippen molar-refractivity contribution in [2.45, 2.75) is 11.4 Å². The van der Waals surface area contributed by atoms with Crippen LogP contribution >= 0.6 is 11.8 Å². The van der Waals surface area contributed by atoms with Crippen molar-refractivity contribution in [1.82, 2.24) is 4.57 Å². The van der Waals surface area contributed by atoms with Crippen molar-refractivity contribution in [2.24, 2.45) is 7.05 Å². The second-order valence-electron chi connectivity index (χ2n) is 3.96. The first-order valence-corrected chi connectivity index (χ1v) is 6.58. The van der Waals surface area contributed by atoms with Gasteiger partial charge in [0.2, 0.25) is 0 Å². The number of ether oxygens (including phenoxy) is 1. The number of rotatable bonds is 5. The number of hydrogen-bond donors (Lipinski definition) is 1. The number of methoxy groups -OCH3 is 1. The SMILES string of the molecule is COc1ccc2c(c1)cc(SCCC(=O)O)n2C. The highest BCUT2D eigenvalue weighted by atomic mass is 32.2. The first kappa shape index (κ1) is 12.8. The number of aromatic nitrogens is 1. The van der Waals surface area contributed by atoms with E-state index in [2.05, 4.69) is 10.6 Å². The van der Waals surface area contributed by atoms with E-state index in [4.69, 9.17) is 9.84 Å². The van der Waals surface area contributed by atoms with E-state index < -0.39 is 5.97 Å². The molecule has 4 nitrogen and oxygen atoms in total. The van der Waals surface area contributed by atoms with Crippen LogP contribution in [-0.4, -0.2) is 28.5 Å². The van der Waals surface area contributed by atoms with Gasteiger partial charge in [-0.15, -0.1) is 11.8 Å². The molecule has 5 heteroatoms. The number of carboxylic acid groups (broad SMARTS) is 1. The van der Waals surface area contributed by atoms with Crippen molar-refractivity contribution in [1.29, 1.82) is 0 Å². The molecular weight excluding hydrogens is 250 g/mol.